The number of aliphatic hydroxyl groups is 1. The van der Waals surface area contributed by atoms with Crippen LogP contribution in [0.1, 0.15) is 23.8 Å². The molecule has 1 fully saturated rings. The maximum atomic E-state index is 10.5. The van der Waals surface area contributed by atoms with Gasteiger partial charge < -0.3 is 15.6 Å². The summed E-state index contributed by atoms with van der Waals surface area (Å²) >= 11 is 4.99. The van der Waals surface area contributed by atoms with E-state index >= 15 is 0 Å². The monoisotopic (exact) mass is 305 g/mol. The summed E-state index contributed by atoms with van der Waals surface area (Å²) in [7, 11) is 0. The summed E-state index contributed by atoms with van der Waals surface area (Å²) in [6.07, 6.45) is 1.19. The molecule has 2 heterocycles. The van der Waals surface area contributed by atoms with E-state index in [2.05, 4.69) is 15.9 Å². The van der Waals surface area contributed by atoms with Crippen LogP contribution in [0.5, 0.6) is 0 Å². The van der Waals surface area contributed by atoms with Gasteiger partial charge in [-0.05, 0) is 40.9 Å². The van der Waals surface area contributed by atoms with E-state index in [9.17, 15) is 5.11 Å². The number of rotatable bonds is 3. The minimum Gasteiger partial charge on any atom is -0.387 e. The molecule has 1 aromatic rings. The Bertz CT molecular complexity index is 350. The van der Waals surface area contributed by atoms with Crippen molar-refractivity contribution in [3.63, 3.8) is 0 Å². The zero-order valence-corrected chi connectivity index (χ0v) is 11.4. The van der Waals surface area contributed by atoms with Gasteiger partial charge in [0.2, 0.25) is 0 Å². The molecule has 1 saturated heterocycles. The summed E-state index contributed by atoms with van der Waals surface area (Å²) in [4.78, 5) is 0.985. The van der Waals surface area contributed by atoms with E-state index < -0.39 is 6.10 Å². The second-order valence-corrected chi connectivity index (χ2v) is 6.72. The van der Waals surface area contributed by atoms with E-state index in [0.717, 1.165) is 21.5 Å². The lowest BCUT2D eigenvalue weighted by atomic mass is 9.75. The SMILES string of the molecule is NCC1(C(O)c2ccc(Br)s2)CCOCC1. The smallest absolute Gasteiger partial charge is 0.0952 e. The lowest BCUT2D eigenvalue weighted by Gasteiger charge is -2.39. The standard InChI is InChI=1S/C11H16BrNO2S/c12-9-2-1-8(16-9)10(14)11(7-13)3-5-15-6-4-11/h1-2,10,14H,3-7,13H2. The van der Waals surface area contributed by atoms with Crippen molar-refractivity contribution in [2.75, 3.05) is 19.8 Å². The number of halogens is 1. The first-order valence-corrected chi connectivity index (χ1v) is 7.00. The van der Waals surface area contributed by atoms with E-state index in [1.807, 2.05) is 12.1 Å². The number of thiophene rings is 1. The van der Waals surface area contributed by atoms with Gasteiger partial charge >= 0.3 is 0 Å². The van der Waals surface area contributed by atoms with Crippen LogP contribution >= 0.6 is 27.3 Å². The summed E-state index contributed by atoms with van der Waals surface area (Å²) in [5, 5.41) is 10.5. The second kappa shape index (κ2) is 5.14. The fourth-order valence-corrected chi connectivity index (χ4v) is 3.70. The lowest BCUT2D eigenvalue weighted by Crippen LogP contribution is -2.41. The van der Waals surface area contributed by atoms with Crippen LogP contribution in [0.4, 0.5) is 0 Å². The predicted molar refractivity (Wildman–Crippen MR) is 68.5 cm³/mol. The molecule has 16 heavy (non-hydrogen) atoms. The number of ether oxygens (including phenoxy) is 1. The second-order valence-electron chi connectivity index (χ2n) is 4.22. The van der Waals surface area contributed by atoms with Crippen molar-refractivity contribution in [2.45, 2.75) is 18.9 Å². The molecule has 0 spiro atoms. The minimum atomic E-state index is -0.474. The predicted octanol–water partition coefficient (Wildman–Crippen LogP) is 2.30. The molecule has 0 aromatic carbocycles. The van der Waals surface area contributed by atoms with E-state index in [1.54, 1.807) is 11.3 Å². The summed E-state index contributed by atoms with van der Waals surface area (Å²) in [6, 6.07) is 3.93. The average molecular weight is 306 g/mol. The molecule has 1 aliphatic rings. The molecule has 0 saturated carbocycles. The van der Waals surface area contributed by atoms with E-state index in [-0.39, 0.29) is 5.41 Å². The van der Waals surface area contributed by atoms with Gasteiger partial charge in [-0.3, -0.25) is 0 Å². The van der Waals surface area contributed by atoms with Crippen molar-refractivity contribution in [1.82, 2.24) is 0 Å². The highest BCUT2D eigenvalue weighted by atomic mass is 79.9. The Hall–Kier alpha value is 0.0600. The van der Waals surface area contributed by atoms with Gasteiger partial charge in [-0.25, -0.2) is 0 Å². The van der Waals surface area contributed by atoms with Gasteiger partial charge in [-0.1, -0.05) is 0 Å². The van der Waals surface area contributed by atoms with Gasteiger partial charge in [0, 0.05) is 30.1 Å². The van der Waals surface area contributed by atoms with E-state index in [4.69, 9.17) is 10.5 Å². The molecular formula is C11H16BrNO2S. The van der Waals surface area contributed by atoms with Crippen LogP contribution in [-0.2, 0) is 4.74 Å². The van der Waals surface area contributed by atoms with Crippen LogP contribution in [0, 0.1) is 5.41 Å². The van der Waals surface area contributed by atoms with Crippen molar-refractivity contribution in [2.24, 2.45) is 11.1 Å². The van der Waals surface area contributed by atoms with Crippen LogP contribution in [0.2, 0.25) is 0 Å². The Kier molecular flexibility index (Phi) is 4.02. The van der Waals surface area contributed by atoms with Crippen LogP contribution in [0.15, 0.2) is 15.9 Å². The number of aliphatic hydroxyl groups excluding tert-OH is 1. The Morgan fingerprint density at radius 3 is 2.69 bits per heavy atom. The highest BCUT2D eigenvalue weighted by Gasteiger charge is 2.39. The van der Waals surface area contributed by atoms with Crippen molar-refractivity contribution >= 4 is 27.3 Å². The molecule has 0 bridgehead atoms. The fraction of sp³-hybridized carbons (Fsp3) is 0.636. The maximum Gasteiger partial charge on any atom is 0.0952 e. The topological polar surface area (TPSA) is 55.5 Å². The molecule has 1 atom stereocenters. The fourth-order valence-electron chi connectivity index (χ4n) is 2.14. The Labute approximate surface area is 108 Å². The molecule has 1 unspecified atom stereocenters. The van der Waals surface area contributed by atoms with Gasteiger partial charge in [0.1, 0.15) is 0 Å². The van der Waals surface area contributed by atoms with E-state index in [0.29, 0.717) is 19.8 Å². The first kappa shape index (κ1) is 12.5. The maximum absolute atomic E-state index is 10.5. The first-order chi connectivity index (χ1) is 7.68. The van der Waals surface area contributed by atoms with Crippen molar-refractivity contribution in [1.29, 1.82) is 0 Å². The summed E-state index contributed by atoms with van der Waals surface area (Å²) in [5.74, 6) is 0. The molecule has 1 aliphatic heterocycles. The third-order valence-electron chi connectivity index (χ3n) is 3.34. The Morgan fingerprint density at radius 2 is 2.19 bits per heavy atom. The molecule has 1 aromatic heterocycles. The minimum absolute atomic E-state index is 0.206. The van der Waals surface area contributed by atoms with Crippen LogP contribution in [0.3, 0.4) is 0 Å². The van der Waals surface area contributed by atoms with Crippen LogP contribution in [-0.4, -0.2) is 24.9 Å². The summed E-state index contributed by atoms with van der Waals surface area (Å²) < 4.78 is 6.39. The molecule has 3 N–H and O–H groups in total. The van der Waals surface area contributed by atoms with Crippen LogP contribution in [0.25, 0.3) is 0 Å². The average Bonchev–Trinajstić information content (AvgIpc) is 2.76. The first-order valence-electron chi connectivity index (χ1n) is 5.39. The Morgan fingerprint density at radius 1 is 1.50 bits per heavy atom. The van der Waals surface area contributed by atoms with Crippen molar-refractivity contribution in [3.8, 4) is 0 Å². The molecule has 0 amide bonds. The lowest BCUT2D eigenvalue weighted by molar-refractivity contribution is -0.0567. The third kappa shape index (κ3) is 2.33. The molecule has 2 rings (SSSR count). The molecule has 0 aliphatic carbocycles. The quantitative estimate of drug-likeness (QED) is 0.901. The highest BCUT2D eigenvalue weighted by Crippen LogP contribution is 2.44. The van der Waals surface area contributed by atoms with Gasteiger partial charge in [-0.2, -0.15) is 0 Å². The highest BCUT2D eigenvalue weighted by molar-refractivity contribution is 9.11. The molecule has 5 heteroatoms. The molecule has 0 radical (unpaired) electrons. The molecule has 3 nitrogen and oxygen atoms in total. The summed E-state index contributed by atoms with van der Waals surface area (Å²) in [5.41, 5.74) is 5.65. The largest absolute Gasteiger partial charge is 0.387 e. The van der Waals surface area contributed by atoms with Gasteiger partial charge in [0.15, 0.2) is 0 Å². The molecular weight excluding hydrogens is 290 g/mol. The normalized spacial score (nSPS) is 21.9. The molecule has 90 valence electrons. The summed E-state index contributed by atoms with van der Waals surface area (Å²) in [6.45, 7) is 1.90. The van der Waals surface area contributed by atoms with Crippen LogP contribution < -0.4 is 5.73 Å². The van der Waals surface area contributed by atoms with Gasteiger partial charge in [0.25, 0.3) is 0 Å². The van der Waals surface area contributed by atoms with Crippen molar-refractivity contribution < 1.29 is 9.84 Å². The number of hydrogen-bond donors (Lipinski definition) is 2. The Balaban J connectivity index is 2.20. The third-order valence-corrected chi connectivity index (χ3v) is 5.01. The van der Waals surface area contributed by atoms with Gasteiger partial charge in [-0.15, -0.1) is 11.3 Å². The van der Waals surface area contributed by atoms with Crippen molar-refractivity contribution in [3.05, 3.63) is 20.8 Å². The number of nitrogens with two attached hydrogens (primary N) is 1. The zero-order chi connectivity index (χ0) is 11.6. The zero-order valence-electron chi connectivity index (χ0n) is 8.99. The number of hydrogen-bond acceptors (Lipinski definition) is 4. The van der Waals surface area contributed by atoms with Gasteiger partial charge in [0.05, 0.1) is 9.89 Å². The van der Waals surface area contributed by atoms with E-state index in [1.165, 1.54) is 0 Å².